The first-order chi connectivity index (χ1) is 9.78. The first-order valence-corrected chi connectivity index (χ1v) is 7.09. The van der Waals surface area contributed by atoms with Crippen LogP contribution in [0.1, 0.15) is 30.5 Å². The van der Waals surface area contributed by atoms with Crippen LogP contribution in [-0.2, 0) is 16.1 Å². The summed E-state index contributed by atoms with van der Waals surface area (Å²) in [6.45, 7) is 3.30. The van der Waals surface area contributed by atoms with E-state index < -0.39 is 0 Å². The van der Waals surface area contributed by atoms with Crippen LogP contribution in [0, 0.1) is 0 Å². The minimum atomic E-state index is -0.358. The van der Waals surface area contributed by atoms with Crippen LogP contribution >= 0.6 is 0 Å². The lowest BCUT2D eigenvalue weighted by molar-refractivity contribution is 0.0638. The quantitative estimate of drug-likeness (QED) is 0.842. The molecule has 2 aliphatic heterocycles. The third-order valence-corrected chi connectivity index (χ3v) is 4.12. The van der Waals surface area contributed by atoms with Gasteiger partial charge in [-0.05, 0) is 25.9 Å². The van der Waals surface area contributed by atoms with Gasteiger partial charge in [-0.1, -0.05) is 0 Å². The van der Waals surface area contributed by atoms with Crippen molar-refractivity contribution in [3.63, 3.8) is 0 Å². The van der Waals surface area contributed by atoms with E-state index >= 15 is 0 Å². The molecular formula is C13H21N3O4. The summed E-state index contributed by atoms with van der Waals surface area (Å²) in [5.74, 6) is 1.55. The molecule has 7 heteroatoms. The van der Waals surface area contributed by atoms with Gasteiger partial charge in [-0.2, -0.15) is 0 Å². The summed E-state index contributed by atoms with van der Waals surface area (Å²) in [5, 5.41) is 17.9. The minimum absolute atomic E-state index is 0.141. The third kappa shape index (κ3) is 2.85. The van der Waals surface area contributed by atoms with Crippen molar-refractivity contribution in [1.82, 2.24) is 15.1 Å². The maximum atomic E-state index is 9.87. The predicted octanol–water partition coefficient (Wildman–Crippen LogP) is 0.155. The van der Waals surface area contributed by atoms with E-state index in [0.29, 0.717) is 37.5 Å². The Kier molecular flexibility index (Phi) is 4.30. The Bertz CT molecular complexity index is 431. The van der Waals surface area contributed by atoms with Crippen molar-refractivity contribution in [2.75, 3.05) is 33.4 Å². The van der Waals surface area contributed by atoms with E-state index in [9.17, 15) is 5.11 Å². The summed E-state index contributed by atoms with van der Waals surface area (Å²) >= 11 is 0. The zero-order valence-corrected chi connectivity index (χ0v) is 11.7. The number of piperidine rings is 1. The summed E-state index contributed by atoms with van der Waals surface area (Å²) in [4.78, 5) is 2.31. The van der Waals surface area contributed by atoms with Crippen molar-refractivity contribution in [3.8, 4) is 0 Å². The van der Waals surface area contributed by atoms with E-state index in [4.69, 9.17) is 13.9 Å². The van der Waals surface area contributed by atoms with Gasteiger partial charge in [0, 0.05) is 13.0 Å². The lowest BCUT2D eigenvalue weighted by Crippen LogP contribution is -2.46. The molecule has 3 rings (SSSR count). The van der Waals surface area contributed by atoms with Gasteiger partial charge in [0.15, 0.2) is 0 Å². The summed E-state index contributed by atoms with van der Waals surface area (Å²) in [6.07, 6.45) is 1.58. The van der Waals surface area contributed by atoms with Crippen LogP contribution in [0.4, 0.5) is 0 Å². The molecule has 7 nitrogen and oxygen atoms in total. The van der Waals surface area contributed by atoms with Gasteiger partial charge in [-0.15, -0.1) is 10.2 Å². The van der Waals surface area contributed by atoms with Crippen molar-refractivity contribution in [2.45, 2.75) is 37.5 Å². The second-order valence-electron chi connectivity index (χ2n) is 5.45. The number of aliphatic hydroxyl groups is 1. The monoisotopic (exact) mass is 283 g/mol. The summed E-state index contributed by atoms with van der Waals surface area (Å²) in [5.41, 5.74) is 0. The van der Waals surface area contributed by atoms with E-state index in [0.717, 1.165) is 25.9 Å². The number of aliphatic hydroxyl groups excluding tert-OH is 1. The molecule has 1 aromatic heterocycles. The maximum absolute atomic E-state index is 9.87. The molecule has 2 fully saturated rings. The number of ether oxygens (including phenoxy) is 2. The predicted molar refractivity (Wildman–Crippen MR) is 69.2 cm³/mol. The number of likely N-dealkylation sites (tertiary alicyclic amines) is 1. The minimum Gasteiger partial charge on any atom is -0.422 e. The van der Waals surface area contributed by atoms with Crippen LogP contribution in [0.2, 0.25) is 0 Å². The first-order valence-electron chi connectivity index (χ1n) is 7.09. The van der Waals surface area contributed by atoms with Crippen LogP contribution < -0.4 is 0 Å². The highest BCUT2D eigenvalue weighted by Gasteiger charge is 2.35. The molecule has 3 heterocycles. The zero-order valence-electron chi connectivity index (χ0n) is 11.7. The molecule has 2 atom stereocenters. The number of methoxy groups -OCH3 is 1. The molecule has 1 N–H and O–H groups in total. The number of rotatable bonds is 4. The van der Waals surface area contributed by atoms with Crippen LogP contribution in [-0.4, -0.2) is 65.8 Å². The second-order valence-corrected chi connectivity index (χ2v) is 5.45. The molecule has 0 bridgehead atoms. The van der Waals surface area contributed by atoms with Gasteiger partial charge in [0.25, 0.3) is 0 Å². The second kappa shape index (κ2) is 6.17. The number of hydrogen-bond donors (Lipinski definition) is 1. The van der Waals surface area contributed by atoms with Crippen molar-refractivity contribution in [1.29, 1.82) is 0 Å². The Hall–Kier alpha value is -1.02. The largest absolute Gasteiger partial charge is 0.422 e. The fourth-order valence-electron chi connectivity index (χ4n) is 2.97. The number of hydrogen-bond acceptors (Lipinski definition) is 7. The molecule has 0 aliphatic carbocycles. The van der Waals surface area contributed by atoms with Gasteiger partial charge >= 0.3 is 0 Å². The smallest absolute Gasteiger partial charge is 0.242 e. The van der Waals surface area contributed by atoms with E-state index in [-0.39, 0.29) is 12.1 Å². The van der Waals surface area contributed by atoms with Crippen molar-refractivity contribution in [2.24, 2.45) is 0 Å². The van der Waals surface area contributed by atoms with Crippen LogP contribution in [0.15, 0.2) is 4.42 Å². The molecule has 112 valence electrons. The first kappa shape index (κ1) is 13.9. The fourth-order valence-corrected chi connectivity index (χ4v) is 2.97. The Balaban J connectivity index is 1.55. The van der Waals surface area contributed by atoms with Crippen molar-refractivity contribution >= 4 is 0 Å². The van der Waals surface area contributed by atoms with Crippen LogP contribution in [0.3, 0.4) is 0 Å². The van der Waals surface area contributed by atoms with Gasteiger partial charge < -0.3 is 19.0 Å². The molecular weight excluding hydrogens is 262 g/mol. The Morgan fingerprint density at radius 3 is 2.75 bits per heavy atom. The molecule has 1 aromatic rings. The van der Waals surface area contributed by atoms with E-state index in [1.54, 1.807) is 7.11 Å². The molecule has 0 spiro atoms. The van der Waals surface area contributed by atoms with Gasteiger partial charge in [-0.3, -0.25) is 4.90 Å². The Morgan fingerprint density at radius 2 is 2.10 bits per heavy atom. The average Bonchev–Trinajstić information content (AvgIpc) is 3.09. The number of nitrogens with zero attached hydrogens (tertiary/aromatic N) is 3. The van der Waals surface area contributed by atoms with E-state index in [1.807, 2.05) is 0 Å². The lowest BCUT2D eigenvalue weighted by Gasteiger charge is -2.35. The maximum Gasteiger partial charge on any atom is 0.242 e. The molecule has 20 heavy (non-hydrogen) atoms. The molecule has 0 aromatic carbocycles. The molecule has 2 aliphatic rings. The van der Waals surface area contributed by atoms with Crippen molar-refractivity contribution in [3.05, 3.63) is 11.8 Å². The van der Waals surface area contributed by atoms with Crippen LogP contribution in [0.25, 0.3) is 0 Å². The summed E-state index contributed by atoms with van der Waals surface area (Å²) < 4.78 is 15.9. The highest BCUT2D eigenvalue weighted by Crippen LogP contribution is 2.29. The van der Waals surface area contributed by atoms with E-state index in [1.165, 1.54) is 0 Å². The topological polar surface area (TPSA) is 80.9 Å². The zero-order chi connectivity index (χ0) is 13.9. The molecule has 0 unspecified atom stereocenters. The Labute approximate surface area is 117 Å². The average molecular weight is 283 g/mol. The summed E-state index contributed by atoms with van der Waals surface area (Å²) in [7, 11) is 1.61. The van der Waals surface area contributed by atoms with Crippen LogP contribution in [0.5, 0.6) is 0 Å². The molecule has 0 saturated carbocycles. The highest BCUT2D eigenvalue weighted by atomic mass is 16.5. The van der Waals surface area contributed by atoms with Gasteiger partial charge in [0.2, 0.25) is 11.8 Å². The van der Waals surface area contributed by atoms with Gasteiger partial charge in [0.1, 0.15) is 6.61 Å². The van der Waals surface area contributed by atoms with E-state index in [2.05, 4.69) is 15.1 Å². The number of aromatic nitrogens is 2. The molecule has 2 saturated heterocycles. The molecule has 0 radical (unpaired) electrons. The fraction of sp³-hybridized carbons (Fsp3) is 0.846. The van der Waals surface area contributed by atoms with Crippen molar-refractivity contribution < 1.29 is 19.0 Å². The SMILES string of the molecule is COCc1nnc(C2CCN([C@H]3COC[C@@H]3O)CC2)o1. The summed E-state index contributed by atoms with van der Waals surface area (Å²) in [6, 6.07) is 0.141. The highest BCUT2D eigenvalue weighted by molar-refractivity contribution is 4.96. The standard InChI is InChI=1S/C13H21N3O4/c1-18-8-12-14-15-13(20-12)9-2-4-16(5-3-9)10-6-19-7-11(10)17/h9-11,17H,2-8H2,1H3/t10-,11-/m0/s1. The normalized spacial score (nSPS) is 29.1. The third-order valence-electron chi connectivity index (χ3n) is 4.12. The molecule has 0 amide bonds. The van der Waals surface area contributed by atoms with Gasteiger partial charge in [-0.25, -0.2) is 0 Å². The van der Waals surface area contributed by atoms with Gasteiger partial charge in [0.05, 0.1) is 25.4 Å². The lowest BCUT2D eigenvalue weighted by atomic mass is 9.95. The Morgan fingerprint density at radius 1 is 1.30 bits per heavy atom.